The summed E-state index contributed by atoms with van der Waals surface area (Å²) in [6.45, 7) is 3.88. The van der Waals surface area contributed by atoms with Gasteiger partial charge in [-0.3, -0.25) is 0 Å². The molecule has 1 N–H and O–H groups in total. The zero-order valence-corrected chi connectivity index (χ0v) is 11.5. The molecule has 0 radical (unpaired) electrons. The van der Waals surface area contributed by atoms with Crippen molar-refractivity contribution in [3.63, 3.8) is 0 Å². The molecule has 0 aromatic heterocycles. The minimum absolute atomic E-state index is 0.0432. The quantitative estimate of drug-likeness (QED) is 0.857. The molecule has 1 rings (SSSR count). The fraction of sp³-hybridized carbons (Fsp3) is 0.462. The highest BCUT2D eigenvalue weighted by Gasteiger charge is 2.14. The number of rotatable bonds is 6. The zero-order chi connectivity index (χ0) is 13.6. The van der Waals surface area contributed by atoms with Gasteiger partial charge in [0.15, 0.2) is 0 Å². The molecule has 5 heteroatoms. The maximum Gasteiger partial charge on any atom is 0.216 e. The molecular formula is C13H18N2O2S. The minimum Gasteiger partial charge on any atom is -0.212 e. The van der Waals surface area contributed by atoms with Crippen molar-refractivity contribution in [3.8, 4) is 6.07 Å². The molecule has 0 saturated heterocycles. The molecule has 0 spiro atoms. The Morgan fingerprint density at radius 1 is 1.33 bits per heavy atom. The summed E-state index contributed by atoms with van der Waals surface area (Å²) in [6.07, 6.45) is 1.77. The van der Waals surface area contributed by atoms with Crippen LogP contribution in [0.4, 0.5) is 0 Å². The van der Waals surface area contributed by atoms with E-state index in [1.807, 2.05) is 19.9 Å². The van der Waals surface area contributed by atoms with Crippen LogP contribution in [0.25, 0.3) is 0 Å². The number of benzene rings is 1. The van der Waals surface area contributed by atoms with Crippen molar-refractivity contribution in [3.05, 3.63) is 35.4 Å². The lowest BCUT2D eigenvalue weighted by molar-refractivity contribution is 0.543. The fourth-order valence-electron chi connectivity index (χ4n) is 1.74. The smallest absolute Gasteiger partial charge is 0.212 e. The summed E-state index contributed by atoms with van der Waals surface area (Å²) in [6, 6.07) is 8.55. The minimum atomic E-state index is -3.31. The fourth-order valence-corrected chi connectivity index (χ4v) is 3.18. The number of hydrogen-bond donors (Lipinski definition) is 1. The molecule has 1 aromatic rings. The largest absolute Gasteiger partial charge is 0.216 e. The van der Waals surface area contributed by atoms with Gasteiger partial charge >= 0.3 is 0 Å². The highest BCUT2D eigenvalue weighted by molar-refractivity contribution is 7.88. The summed E-state index contributed by atoms with van der Waals surface area (Å²) in [5.41, 5.74) is 1.22. The van der Waals surface area contributed by atoms with E-state index in [4.69, 9.17) is 5.26 Å². The van der Waals surface area contributed by atoms with E-state index in [0.29, 0.717) is 11.1 Å². The lowest BCUT2D eigenvalue weighted by Crippen LogP contribution is -2.33. The average Bonchev–Trinajstić information content (AvgIpc) is 2.29. The van der Waals surface area contributed by atoms with Crippen molar-refractivity contribution in [1.29, 1.82) is 5.26 Å². The summed E-state index contributed by atoms with van der Waals surface area (Å²) in [4.78, 5) is 0. The van der Waals surface area contributed by atoms with Gasteiger partial charge in [-0.15, -0.1) is 0 Å². The highest BCUT2D eigenvalue weighted by Crippen LogP contribution is 2.08. The second kappa shape index (κ2) is 6.53. The first kappa shape index (κ1) is 14.7. The molecule has 0 heterocycles. The zero-order valence-electron chi connectivity index (χ0n) is 10.7. The van der Waals surface area contributed by atoms with Gasteiger partial charge in [0, 0.05) is 6.04 Å². The molecule has 0 aliphatic heterocycles. The third kappa shape index (κ3) is 4.86. The van der Waals surface area contributed by atoms with Crippen LogP contribution in [0.5, 0.6) is 0 Å². The van der Waals surface area contributed by atoms with Crippen LogP contribution >= 0.6 is 0 Å². The van der Waals surface area contributed by atoms with E-state index in [2.05, 4.69) is 4.72 Å². The molecule has 1 aromatic carbocycles. The molecule has 1 unspecified atom stereocenters. The lowest BCUT2D eigenvalue weighted by Gasteiger charge is -2.13. The maximum absolute atomic E-state index is 11.9. The van der Waals surface area contributed by atoms with Gasteiger partial charge in [-0.2, -0.15) is 5.26 Å². The van der Waals surface area contributed by atoms with E-state index in [0.717, 1.165) is 12.8 Å². The first-order valence-electron chi connectivity index (χ1n) is 5.96. The number of nitriles is 1. The molecule has 0 bridgehead atoms. The number of nitrogens with zero attached hydrogens (tertiary/aromatic N) is 1. The Kier molecular flexibility index (Phi) is 5.32. The molecule has 0 aliphatic carbocycles. The molecular weight excluding hydrogens is 248 g/mol. The molecule has 18 heavy (non-hydrogen) atoms. The van der Waals surface area contributed by atoms with Crippen LogP contribution in [-0.4, -0.2) is 14.5 Å². The second-order valence-electron chi connectivity index (χ2n) is 4.38. The molecule has 4 nitrogen and oxygen atoms in total. The van der Waals surface area contributed by atoms with Crippen LogP contribution in [0.3, 0.4) is 0 Å². The van der Waals surface area contributed by atoms with Gasteiger partial charge in [0.1, 0.15) is 0 Å². The van der Waals surface area contributed by atoms with Crippen LogP contribution in [-0.2, 0) is 15.8 Å². The van der Waals surface area contributed by atoms with E-state index in [-0.39, 0.29) is 11.8 Å². The molecule has 0 fully saturated rings. The standard InChI is InChI=1S/C13H18N2O2S/c1-3-4-11(2)15-18(16,17)10-13-7-5-12(9-14)6-8-13/h5-8,11,15H,3-4,10H2,1-2H3. The molecule has 1 atom stereocenters. The van der Waals surface area contributed by atoms with E-state index in [1.54, 1.807) is 24.3 Å². The Hall–Kier alpha value is -1.38. The number of sulfonamides is 1. The number of hydrogen-bond acceptors (Lipinski definition) is 3. The van der Waals surface area contributed by atoms with Gasteiger partial charge in [0.25, 0.3) is 0 Å². The Balaban J connectivity index is 2.67. The second-order valence-corrected chi connectivity index (χ2v) is 6.13. The third-order valence-electron chi connectivity index (χ3n) is 2.54. The SMILES string of the molecule is CCCC(C)NS(=O)(=O)Cc1ccc(C#N)cc1. The van der Waals surface area contributed by atoms with Crippen molar-refractivity contribution in [2.24, 2.45) is 0 Å². The van der Waals surface area contributed by atoms with Gasteiger partial charge < -0.3 is 0 Å². The Bertz CT molecular complexity index is 515. The topological polar surface area (TPSA) is 70.0 Å². The predicted octanol–water partition coefficient (Wildman–Crippen LogP) is 2.17. The van der Waals surface area contributed by atoms with E-state index < -0.39 is 10.0 Å². The monoisotopic (exact) mass is 266 g/mol. The van der Waals surface area contributed by atoms with Gasteiger partial charge in [0.05, 0.1) is 17.4 Å². The van der Waals surface area contributed by atoms with Crippen LogP contribution < -0.4 is 4.72 Å². The van der Waals surface area contributed by atoms with Crippen LogP contribution in [0, 0.1) is 11.3 Å². The molecule has 0 aliphatic rings. The van der Waals surface area contributed by atoms with Crippen molar-refractivity contribution < 1.29 is 8.42 Å². The van der Waals surface area contributed by atoms with Crippen molar-refractivity contribution >= 4 is 10.0 Å². The summed E-state index contributed by atoms with van der Waals surface area (Å²) in [5, 5.41) is 8.66. The van der Waals surface area contributed by atoms with Crippen LogP contribution in [0.2, 0.25) is 0 Å². The molecule has 98 valence electrons. The Labute approximate surface area is 109 Å². The van der Waals surface area contributed by atoms with Crippen molar-refractivity contribution in [1.82, 2.24) is 4.72 Å². The van der Waals surface area contributed by atoms with Gasteiger partial charge in [-0.05, 0) is 31.0 Å². The number of nitrogens with one attached hydrogen (secondary N) is 1. The molecule has 0 amide bonds. The molecule has 0 saturated carbocycles. The summed E-state index contributed by atoms with van der Waals surface area (Å²) in [5.74, 6) is -0.0488. The maximum atomic E-state index is 11.9. The first-order valence-corrected chi connectivity index (χ1v) is 7.61. The summed E-state index contributed by atoms with van der Waals surface area (Å²) < 4.78 is 26.4. The van der Waals surface area contributed by atoms with Gasteiger partial charge in [-0.1, -0.05) is 25.5 Å². The van der Waals surface area contributed by atoms with E-state index in [9.17, 15) is 8.42 Å². The first-order chi connectivity index (χ1) is 8.46. The van der Waals surface area contributed by atoms with Gasteiger partial charge in [0.2, 0.25) is 10.0 Å². The summed E-state index contributed by atoms with van der Waals surface area (Å²) >= 11 is 0. The van der Waals surface area contributed by atoms with Crippen LogP contribution in [0.1, 0.15) is 37.8 Å². The van der Waals surface area contributed by atoms with Gasteiger partial charge in [-0.25, -0.2) is 13.1 Å². The van der Waals surface area contributed by atoms with Crippen molar-refractivity contribution in [2.45, 2.75) is 38.5 Å². The van der Waals surface area contributed by atoms with Crippen LogP contribution in [0.15, 0.2) is 24.3 Å². The van der Waals surface area contributed by atoms with E-state index in [1.165, 1.54) is 0 Å². The Morgan fingerprint density at radius 3 is 2.44 bits per heavy atom. The normalized spacial score (nSPS) is 12.9. The predicted molar refractivity (Wildman–Crippen MR) is 71.3 cm³/mol. The third-order valence-corrected chi connectivity index (χ3v) is 4.02. The summed E-state index contributed by atoms with van der Waals surface area (Å²) in [7, 11) is -3.31. The van der Waals surface area contributed by atoms with Crippen molar-refractivity contribution in [2.75, 3.05) is 0 Å². The Morgan fingerprint density at radius 2 is 1.94 bits per heavy atom. The average molecular weight is 266 g/mol. The lowest BCUT2D eigenvalue weighted by atomic mass is 10.2. The highest BCUT2D eigenvalue weighted by atomic mass is 32.2. The van der Waals surface area contributed by atoms with E-state index >= 15 is 0 Å².